The minimum absolute atomic E-state index is 0.117. The number of nitrogens with one attached hydrogen (secondary N) is 2. The number of carbonyl (C=O) groups excluding carboxylic acids is 1. The number of hydrogen-bond acceptors (Lipinski definition) is 5. The summed E-state index contributed by atoms with van der Waals surface area (Å²) >= 11 is 0. The molecule has 4 N–H and O–H groups in total. The Labute approximate surface area is 205 Å². The zero-order valence-corrected chi connectivity index (χ0v) is 22.4. The number of amides is 2. The van der Waals surface area contributed by atoms with Crippen LogP contribution in [0, 0.1) is 52.3 Å². The second kappa shape index (κ2) is 9.22. The average molecular weight is 499 g/mol. The summed E-state index contributed by atoms with van der Waals surface area (Å²) in [6, 6.07) is -0.662. The second-order valence-electron chi connectivity index (χ2n) is 12.7. The molecule has 0 aromatic carbocycles. The quantitative estimate of drug-likeness (QED) is 0.463. The first-order valence-corrected chi connectivity index (χ1v) is 15.3. The van der Waals surface area contributed by atoms with Gasteiger partial charge in [0, 0.05) is 6.54 Å². The summed E-state index contributed by atoms with van der Waals surface area (Å²) in [5.41, 5.74) is 0.312. The first-order chi connectivity index (χ1) is 15.8. The maximum Gasteiger partial charge on any atom is 0.328 e. The van der Waals surface area contributed by atoms with Crippen LogP contribution in [0.2, 0.25) is 0 Å². The third-order valence-corrected chi connectivity index (χ3v) is 11.6. The van der Waals surface area contributed by atoms with Crippen molar-refractivity contribution in [2.75, 3.05) is 12.8 Å². The van der Waals surface area contributed by atoms with Gasteiger partial charge >= 0.3 is 6.03 Å². The zero-order valence-electron chi connectivity index (χ0n) is 21.6. The van der Waals surface area contributed by atoms with E-state index in [1.54, 1.807) is 0 Å². The molecule has 0 heterocycles. The van der Waals surface area contributed by atoms with Crippen molar-refractivity contribution in [1.29, 1.82) is 0 Å². The van der Waals surface area contributed by atoms with E-state index in [0.29, 0.717) is 36.1 Å². The molecule has 4 rings (SSSR count). The van der Waals surface area contributed by atoms with Crippen LogP contribution in [0.15, 0.2) is 0 Å². The van der Waals surface area contributed by atoms with Crippen LogP contribution < -0.4 is 10.0 Å². The van der Waals surface area contributed by atoms with Crippen molar-refractivity contribution < 1.29 is 23.4 Å². The number of aliphatic hydroxyl groups is 2. The second-order valence-corrected chi connectivity index (χ2v) is 14.4. The molecule has 8 heteroatoms. The van der Waals surface area contributed by atoms with E-state index in [-0.39, 0.29) is 34.9 Å². The van der Waals surface area contributed by atoms with Gasteiger partial charge in [0.1, 0.15) is 0 Å². The molecule has 0 aromatic rings. The summed E-state index contributed by atoms with van der Waals surface area (Å²) in [6.45, 7) is 9.67. The van der Waals surface area contributed by atoms with Crippen LogP contribution in [0.5, 0.6) is 0 Å². The SMILES string of the molecule is CC[C@H]1[C@@H](O)[C@@H]2[C@H](CC[C@]3(C)[C@@H]([C@H](C)CNC(=O)NS(C)(=O)=O)CC[C@@H]23)[C@@]2(C)CC[C@@H](O)C[C@@H]12. The van der Waals surface area contributed by atoms with Crippen LogP contribution in [-0.4, -0.2) is 49.7 Å². The normalized spacial score (nSPS) is 47.1. The fraction of sp³-hybridized carbons (Fsp3) is 0.962. The van der Waals surface area contributed by atoms with Gasteiger partial charge in [0.05, 0.1) is 18.5 Å². The van der Waals surface area contributed by atoms with E-state index >= 15 is 0 Å². The number of hydrogen-bond donors (Lipinski definition) is 4. The standard InChI is InChI=1S/C26H46N2O5S/c1-6-17-21-13-16(29)9-11-26(21,4)20-10-12-25(3)18(7-8-19(25)22(20)23(17)30)15(2)14-27-24(31)28-34(5,32)33/h15-23,29-30H,6-14H2,1-5H3,(H2,27,28,31)/t15-,16-,17-,18-,19+,20+,21+,22+,23-,25-,26-/m1/s1. The molecule has 7 nitrogen and oxygen atoms in total. The van der Waals surface area contributed by atoms with Crippen LogP contribution in [0.4, 0.5) is 4.79 Å². The third-order valence-electron chi connectivity index (χ3n) is 11.0. The topological polar surface area (TPSA) is 116 Å². The van der Waals surface area contributed by atoms with Crippen LogP contribution in [-0.2, 0) is 10.0 Å². The minimum Gasteiger partial charge on any atom is -0.393 e. The predicted octanol–water partition coefficient (Wildman–Crippen LogP) is 3.51. The molecule has 0 unspecified atom stereocenters. The molecule has 11 atom stereocenters. The van der Waals surface area contributed by atoms with Crippen molar-refractivity contribution in [2.45, 2.75) is 91.3 Å². The number of aliphatic hydroxyl groups excluding tert-OH is 2. The predicted molar refractivity (Wildman–Crippen MR) is 132 cm³/mol. The molecule has 0 bridgehead atoms. The molecule has 4 fully saturated rings. The van der Waals surface area contributed by atoms with Gasteiger partial charge in [-0.05, 0) is 97.2 Å². The van der Waals surface area contributed by atoms with E-state index in [1.165, 1.54) is 0 Å². The number of urea groups is 1. The molecule has 0 saturated heterocycles. The van der Waals surface area contributed by atoms with E-state index in [1.807, 2.05) is 4.72 Å². The number of fused-ring (bicyclic) bond motifs is 5. The fourth-order valence-electron chi connectivity index (χ4n) is 9.53. The molecule has 0 radical (unpaired) electrons. The van der Waals surface area contributed by atoms with Crippen LogP contribution in [0.1, 0.15) is 79.1 Å². The molecule has 0 aromatic heterocycles. The van der Waals surface area contributed by atoms with E-state index in [4.69, 9.17) is 0 Å². The lowest BCUT2D eigenvalue weighted by Crippen LogP contribution is -2.62. The lowest BCUT2D eigenvalue weighted by Gasteiger charge is -2.64. The molecule has 196 valence electrons. The summed E-state index contributed by atoms with van der Waals surface area (Å²) in [6.07, 6.45) is 8.63. The Balaban J connectivity index is 1.52. The Hall–Kier alpha value is -0.860. The molecular weight excluding hydrogens is 452 g/mol. The molecule has 4 aliphatic rings. The Kier molecular flexibility index (Phi) is 7.11. The Morgan fingerprint density at radius 3 is 2.32 bits per heavy atom. The number of rotatable bonds is 5. The zero-order chi connectivity index (χ0) is 25.1. The lowest BCUT2D eigenvalue weighted by molar-refractivity contribution is -0.203. The van der Waals surface area contributed by atoms with Gasteiger partial charge in [0.25, 0.3) is 0 Å². The van der Waals surface area contributed by atoms with E-state index in [9.17, 15) is 23.4 Å². The van der Waals surface area contributed by atoms with Crippen LogP contribution >= 0.6 is 0 Å². The maximum atomic E-state index is 12.0. The third kappa shape index (κ3) is 4.40. The smallest absolute Gasteiger partial charge is 0.328 e. The first kappa shape index (κ1) is 26.2. The van der Waals surface area contributed by atoms with Crippen molar-refractivity contribution in [3.63, 3.8) is 0 Å². The van der Waals surface area contributed by atoms with Crippen LogP contribution in [0.25, 0.3) is 0 Å². The summed E-state index contributed by atoms with van der Waals surface area (Å²) in [4.78, 5) is 12.0. The van der Waals surface area contributed by atoms with Gasteiger partial charge in [-0.2, -0.15) is 0 Å². The minimum atomic E-state index is -3.57. The number of sulfonamides is 1. The lowest BCUT2D eigenvalue weighted by atomic mass is 9.41. The van der Waals surface area contributed by atoms with Crippen molar-refractivity contribution >= 4 is 16.1 Å². The van der Waals surface area contributed by atoms with Crippen molar-refractivity contribution in [3.05, 3.63) is 0 Å². The van der Waals surface area contributed by atoms with Crippen LogP contribution in [0.3, 0.4) is 0 Å². The highest BCUT2D eigenvalue weighted by atomic mass is 32.2. The molecule has 4 saturated carbocycles. The van der Waals surface area contributed by atoms with Crippen molar-refractivity contribution in [1.82, 2.24) is 10.0 Å². The van der Waals surface area contributed by atoms with Gasteiger partial charge in [-0.25, -0.2) is 17.9 Å². The van der Waals surface area contributed by atoms with Gasteiger partial charge in [-0.3, -0.25) is 0 Å². The summed E-state index contributed by atoms with van der Waals surface area (Å²) in [7, 11) is -3.57. The highest BCUT2D eigenvalue weighted by molar-refractivity contribution is 7.89. The Morgan fingerprint density at radius 2 is 1.68 bits per heavy atom. The summed E-state index contributed by atoms with van der Waals surface area (Å²) in [5, 5.41) is 25.0. The summed E-state index contributed by atoms with van der Waals surface area (Å²) in [5.74, 6) is 2.59. The molecule has 0 spiro atoms. The van der Waals surface area contributed by atoms with Crippen molar-refractivity contribution in [2.24, 2.45) is 52.3 Å². The van der Waals surface area contributed by atoms with Gasteiger partial charge in [0.15, 0.2) is 0 Å². The number of carbonyl (C=O) groups is 1. The van der Waals surface area contributed by atoms with Crippen molar-refractivity contribution in [3.8, 4) is 0 Å². The highest BCUT2D eigenvalue weighted by Crippen LogP contribution is 2.69. The highest BCUT2D eigenvalue weighted by Gasteiger charge is 2.64. The molecule has 34 heavy (non-hydrogen) atoms. The van der Waals surface area contributed by atoms with E-state index < -0.39 is 16.1 Å². The van der Waals surface area contributed by atoms with E-state index in [0.717, 1.165) is 57.6 Å². The molecular formula is C26H46N2O5S. The summed E-state index contributed by atoms with van der Waals surface area (Å²) < 4.78 is 24.7. The molecule has 0 aliphatic heterocycles. The fourth-order valence-corrected chi connectivity index (χ4v) is 9.94. The average Bonchev–Trinajstić information content (AvgIpc) is 3.09. The van der Waals surface area contributed by atoms with Gasteiger partial charge in [0.2, 0.25) is 10.0 Å². The van der Waals surface area contributed by atoms with E-state index in [2.05, 4.69) is 33.0 Å². The molecule has 4 aliphatic carbocycles. The van der Waals surface area contributed by atoms with Gasteiger partial charge in [-0.1, -0.05) is 34.1 Å². The first-order valence-electron chi connectivity index (χ1n) is 13.4. The van der Waals surface area contributed by atoms with Gasteiger partial charge < -0.3 is 15.5 Å². The van der Waals surface area contributed by atoms with Gasteiger partial charge in [-0.15, -0.1) is 0 Å². The largest absolute Gasteiger partial charge is 0.393 e. The maximum absolute atomic E-state index is 12.0. The monoisotopic (exact) mass is 498 g/mol. The Bertz CT molecular complexity index is 880. The Morgan fingerprint density at radius 1 is 1.03 bits per heavy atom. The molecule has 2 amide bonds.